The van der Waals surface area contributed by atoms with Crippen molar-refractivity contribution >= 4 is 23.3 Å². The van der Waals surface area contributed by atoms with Gasteiger partial charge in [0.2, 0.25) is 0 Å². The van der Waals surface area contributed by atoms with Crippen LogP contribution in [0.2, 0.25) is 5.02 Å². The van der Waals surface area contributed by atoms with Gasteiger partial charge in [0.05, 0.1) is 6.54 Å². The molecule has 0 bridgehead atoms. The summed E-state index contributed by atoms with van der Waals surface area (Å²) in [6.45, 7) is 0.658. The summed E-state index contributed by atoms with van der Waals surface area (Å²) < 4.78 is 5.44. The van der Waals surface area contributed by atoms with Crippen molar-refractivity contribution in [1.82, 2.24) is 15.3 Å². The summed E-state index contributed by atoms with van der Waals surface area (Å²) >= 11 is 5.76. The van der Waals surface area contributed by atoms with Crippen LogP contribution >= 0.6 is 11.6 Å². The third kappa shape index (κ3) is 3.83. The zero-order valence-corrected chi connectivity index (χ0v) is 11.3. The molecule has 6 nitrogen and oxygen atoms in total. The topological polar surface area (TPSA) is 90.1 Å². The second-order valence-electron chi connectivity index (χ2n) is 3.85. The Hall–Kier alpha value is -2.34. The lowest BCUT2D eigenvalue weighted by Crippen LogP contribution is -2.29. The maximum absolute atomic E-state index is 11.8. The van der Waals surface area contributed by atoms with Gasteiger partial charge in [-0.25, -0.2) is 9.97 Å². The van der Waals surface area contributed by atoms with Crippen LogP contribution in [0.4, 0.5) is 5.82 Å². The van der Waals surface area contributed by atoms with Gasteiger partial charge >= 0.3 is 0 Å². The molecule has 0 radical (unpaired) electrons. The van der Waals surface area contributed by atoms with Crippen LogP contribution in [0.25, 0.3) is 0 Å². The third-order valence-electron chi connectivity index (χ3n) is 2.41. The van der Waals surface area contributed by atoms with Crippen molar-refractivity contribution in [3.8, 4) is 5.75 Å². The minimum atomic E-state index is -0.379. The number of carbonyl (C=O) groups is 1. The SMILES string of the molecule is Nc1nccnc1C(=O)NCCOc1ccc(Cl)cc1. The lowest BCUT2D eigenvalue weighted by molar-refractivity contribution is 0.0942. The van der Waals surface area contributed by atoms with Crippen LogP contribution in [0, 0.1) is 0 Å². The Balaban J connectivity index is 1.77. The van der Waals surface area contributed by atoms with E-state index >= 15 is 0 Å². The van der Waals surface area contributed by atoms with Crippen LogP contribution in [0.3, 0.4) is 0 Å². The normalized spacial score (nSPS) is 10.1. The Morgan fingerprint density at radius 2 is 1.95 bits per heavy atom. The summed E-state index contributed by atoms with van der Waals surface area (Å²) in [5, 5.41) is 3.29. The first-order valence-electron chi connectivity index (χ1n) is 5.90. The minimum absolute atomic E-state index is 0.101. The predicted octanol–water partition coefficient (Wildman–Crippen LogP) is 1.52. The molecule has 0 aliphatic heterocycles. The first-order valence-corrected chi connectivity index (χ1v) is 6.27. The van der Waals surface area contributed by atoms with Crippen LogP contribution in [0.5, 0.6) is 5.75 Å². The standard InChI is InChI=1S/C13H13ClN4O2/c14-9-1-3-10(4-2-9)20-8-7-18-13(19)11-12(15)17-6-5-16-11/h1-6H,7-8H2,(H2,15,17)(H,18,19). The van der Waals surface area contributed by atoms with E-state index < -0.39 is 0 Å². The first kappa shape index (κ1) is 14.1. The van der Waals surface area contributed by atoms with Crippen molar-refractivity contribution < 1.29 is 9.53 Å². The van der Waals surface area contributed by atoms with Crippen molar-refractivity contribution in [2.24, 2.45) is 0 Å². The highest BCUT2D eigenvalue weighted by Crippen LogP contribution is 2.15. The Bertz CT molecular complexity index is 589. The average Bonchev–Trinajstić information content (AvgIpc) is 2.46. The number of amides is 1. The highest BCUT2D eigenvalue weighted by atomic mass is 35.5. The quantitative estimate of drug-likeness (QED) is 0.816. The smallest absolute Gasteiger partial charge is 0.273 e. The number of ether oxygens (including phenoxy) is 1. The van der Waals surface area contributed by atoms with Crippen LogP contribution < -0.4 is 15.8 Å². The van der Waals surface area contributed by atoms with Gasteiger partial charge in [-0.15, -0.1) is 0 Å². The maximum Gasteiger partial charge on any atom is 0.273 e. The fourth-order valence-corrected chi connectivity index (χ4v) is 1.60. The molecule has 0 atom stereocenters. The molecule has 0 aliphatic rings. The molecule has 0 fully saturated rings. The summed E-state index contributed by atoms with van der Waals surface area (Å²) in [7, 11) is 0. The van der Waals surface area contributed by atoms with E-state index in [4.69, 9.17) is 22.1 Å². The van der Waals surface area contributed by atoms with Crippen LogP contribution in [-0.4, -0.2) is 29.0 Å². The van der Waals surface area contributed by atoms with E-state index in [0.29, 0.717) is 23.9 Å². The van der Waals surface area contributed by atoms with Gasteiger partial charge in [-0.05, 0) is 24.3 Å². The summed E-state index contributed by atoms with van der Waals surface area (Å²) in [4.78, 5) is 19.4. The molecule has 104 valence electrons. The fourth-order valence-electron chi connectivity index (χ4n) is 1.47. The van der Waals surface area contributed by atoms with Crippen LogP contribution in [0.15, 0.2) is 36.7 Å². The summed E-state index contributed by atoms with van der Waals surface area (Å²) in [6.07, 6.45) is 2.84. The number of hydrogen-bond acceptors (Lipinski definition) is 5. The van der Waals surface area contributed by atoms with Gasteiger partial charge in [0.15, 0.2) is 11.5 Å². The van der Waals surface area contributed by atoms with Crippen molar-refractivity contribution in [2.75, 3.05) is 18.9 Å². The number of nitrogens with two attached hydrogens (primary N) is 1. The summed E-state index contributed by atoms with van der Waals surface area (Å²) in [5.74, 6) is 0.404. The Morgan fingerprint density at radius 3 is 2.65 bits per heavy atom. The second-order valence-corrected chi connectivity index (χ2v) is 4.28. The van der Waals surface area contributed by atoms with E-state index in [1.165, 1.54) is 12.4 Å². The molecular weight excluding hydrogens is 280 g/mol. The molecule has 1 heterocycles. The maximum atomic E-state index is 11.8. The van der Waals surface area contributed by atoms with Gasteiger partial charge in [0, 0.05) is 17.4 Å². The number of benzene rings is 1. The number of hydrogen-bond donors (Lipinski definition) is 2. The van der Waals surface area contributed by atoms with Crippen LogP contribution in [0.1, 0.15) is 10.5 Å². The fraction of sp³-hybridized carbons (Fsp3) is 0.154. The number of anilines is 1. The van der Waals surface area contributed by atoms with Crippen molar-refractivity contribution in [3.63, 3.8) is 0 Å². The average molecular weight is 293 g/mol. The number of halogens is 1. The number of carbonyl (C=O) groups excluding carboxylic acids is 1. The molecule has 1 aromatic heterocycles. The Labute approximate surface area is 120 Å². The van der Waals surface area contributed by atoms with Gasteiger partial charge < -0.3 is 15.8 Å². The zero-order valence-electron chi connectivity index (χ0n) is 10.5. The van der Waals surface area contributed by atoms with Gasteiger partial charge in [0.1, 0.15) is 12.4 Å². The molecule has 0 saturated heterocycles. The minimum Gasteiger partial charge on any atom is -0.492 e. The number of aromatic nitrogens is 2. The highest BCUT2D eigenvalue weighted by molar-refractivity contribution is 6.30. The Kier molecular flexibility index (Phi) is 4.73. The molecule has 7 heteroatoms. The van der Waals surface area contributed by atoms with E-state index in [1.807, 2.05) is 0 Å². The van der Waals surface area contributed by atoms with Crippen LogP contribution in [-0.2, 0) is 0 Å². The van der Waals surface area contributed by atoms with Gasteiger partial charge in [-0.3, -0.25) is 4.79 Å². The molecule has 1 aromatic carbocycles. The van der Waals surface area contributed by atoms with E-state index in [1.54, 1.807) is 24.3 Å². The molecule has 0 aliphatic carbocycles. The predicted molar refractivity (Wildman–Crippen MR) is 75.7 cm³/mol. The van der Waals surface area contributed by atoms with Crippen molar-refractivity contribution in [3.05, 3.63) is 47.4 Å². The molecule has 1 amide bonds. The monoisotopic (exact) mass is 292 g/mol. The van der Waals surface area contributed by atoms with Crippen molar-refractivity contribution in [1.29, 1.82) is 0 Å². The summed E-state index contributed by atoms with van der Waals surface area (Å²) in [6, 6.07) is 6.97. The molecule has 20 heavy (non-hydrogen) atoms. The molecule has 0 spiro atoms. The number of nitrogens with one attached hydrogen (secondary N) is 1. The van der Waals surface area contributed by atoms with Gasteiger partial charge in [0.25, 0.3) is 5.91 Å². The molecule has 0 unspecified atom stereocenters. The van der Waals surface area contributed by atoms with E-state index in [9.17, 15) is 4.79 Å². The van der Waals surface area contributed by atoms with Crippen molar-refractivity contribution in [2.45, 2.75) is 0 Å². The molecule has 2 rings (SSSR count). The lowest BCUT2D eigenvalue weighted by atomic mass is 10.3. The van der Waals surface area contributed by atoms with Gasteiger partial charge in [-0.2, -0.15) is 0 Å². The number of nitrogen functional groups attached to an aromatic ring is 1. The molecular formula is C13H13ClN4O2. The van der Waals surface area contributed by atoms with E-state index in [-0.39, 0.29) is 17.4 Å². The molecule has 3 N–H and O–H groups in total. The lowest BCUT2D eigenvalue weighted by Gasteiger charge is -2.08. The number of rotatable bonds is 5. The molecule has 0 saturated carbocycles. The Morgan fingerprint density at radius 1 is 1.25 bits per heavy atom. The van der Waals surface area contributed by atoms with Gasteiger partial charge in [-0.1, -0.05) is 11.6 Å². The number of nitrogens with zero attached hydrogens (tertiary/aromatic N) is 2. The van der Waals surface area contributed by atoms with E-state index in [0.717, 1.165) is 0 Å². The first-order chi connectivity index (χ1) is 9.66. The third-order valence-corrected chi connectivity index (χ3v) is 2.66. The summed E-state index contributed by atoms with van der Waals surface area (Å²) in [5.41, 5.74) is 5.66. The molecule has 2 aromatic rings. The second kappa shape index (κ2) is 6.72. The zero-order chi connectivity index (χ0) is 14.4. The highest BCUT2D eigenvalue weighted by Gasteiger charge is 2.10. The largest absolute Gasteiger partial charge is 0.492 e. The van der Waals surface area contributed by atoms with E-state index in [2.05, 4.69) is 15.3 Å².